The zero-order valence-corrected chi connectivity index (χ0v) is 18.4. The molecule has 32 heavy (non-hydrogen) atoms. The van der Waals surface area contributed by atoms with Gasteiger partial charge in [-0.05, 0) is 20.3 Å². The number of methoxy groups -OCH3 is 2. The van der Waals surface area contributed by atoms with Crippen LogP contribution in [0.4, 0.5) is 0 Å². The van der Waals surface area contributed by atoms with E-state index in [1.54, 1.807) is 26.0 Å². The van der Waals surface area contributed by atoms with Crippen molar-refractivity contribution >= 4 is 11.9 Å². The van der Waals surface area contributed by atoms with Crippen LogP contribution < -0.4 is 19.9 Å². The molecule has 1 unspecified atom stereocenters. The predicted molar refractivity (Wildman–Crippen MR) is 112 cm³/mol. The van der Waals surface area contributed by atoms with Crippen LogP contribution >= 0.6 is 0 Å². The van der Waals surface area contributed by atoms with Gasteiger partial charge in [0.05, 0.1) is 38.9 Å². The Morgan fingerprint density at radius 3 is 2.38 bits per heavy atom. The topological polar surface area (TPSA) is 150 Å². The molecule has 0 radical (unpaired) electrons. The van der Waals surface area contributed by atoms with Crippen LogP contribution in [0, 0.1) is 11.3 Å². The smallest absolute Gasteiger partial charge is 0.338 e. The van der Waals surface area contributed by atoms with E-state index in [1.165, 1.54) is 14.2 Å². The normalized spacial score (nSPS) is 15.5. The van der Waals surface area contributed by atoms with Gasteiger partial charge in [-0.2, -0.15) is 5.26 Å². The number of nitrogens with zero attached hydrogens (tertiary/aromatic N) is 1. The fourth-order valence-corrected chi connectivity index (χ4v) is 3.34. The van der Waals surface area contributed by atoms with Crippen LogP contribution in [0.2, 0.25) is 0 Å². The average Bonchev–Trinajstić information content (AvgIpc) is 2.75. The van der Waals surface area contributed by atoms with Gasteiger partial charge >= 0.3 is 11.9 Å². The molecular formula is C22H26N2O8. The Morgan fingerprint density at radius 1 is 1.25 bits per heavy atom. The molecule has 10 nitrogen and oxygen atoms in total. The van der Waals surface area contributed by atoms with Crippen molar-refractivity contribution in [3.8, 4) is 23.3 Å². The van der Waals surface area contributed by atoms with E-state index in [2.05, 4.69) is 0 Å². The zero-order valence-electron chi connectivity index (χ0n) is 18.4. The number of hydrogen-bond acceptors (Lipinski definition) is 9. The molecule has 1 aliphatic rings. The average molecular weight is 446 g/mol. The highest BCUT2D eigenvalue weighted by atomic mass is 16.5. The molecule has 1 heterocycles. The van der Waals surface area contributed by atoms with Gasteiger partial charge in [-0.1, -0.05) is 0 Å². The summed E-state index contributed by atoms with van der Waals surface area (Å²) in [7, 11) is 2.84. The number of allylic oxidation sites excluding steroid dienone is 2. The third kappa shape index (κ3) is 5.24. The fourth-order valence-electron chi connectivity index (χ4n) is 3.34. The molecule has 1 aromatic carbocycles. The highest BCUT2D eigenvalue weighted by molar-refractivity contribution is 5.93. The first-order valence-corrected chi connectivity index (χ1v) is 9.84. The summed E-state index contributed by atoms with van der Waals surface area (Å²) in [6.45, 7) is 3.51. The van der Waals surface area contributed by atoms with E-state index in [-0.39, 0.29) is 53.9 Å². The number of nitriles is 1. The number of carboxylic acids is 1. The molecule has 0 amide bonds. The third-order valence-corrected chi connectivity index (χ3v) is 4.71. The van der Waals surface area contributed by atoms with Gasteiger partial charge in [0.25, 0.3) is 0 Å². The maximum Gasteiger partial charge on any atom is 0.338 e. The summed E-state index contributed by atoms with van der Waals surface area (Å²) < 4.78 is 27.3. The van der Waals surface area contributed by atoms with Crippen molar-refractivity contribution in [3.63, 3.8) is 0 Å². The van der Waals surface area contributed by atoms with Gasteiger partial charge in [-0.3, -0.25) is 4.79 Å². The van der Waals surface area contributed by atoms with E-state index in [9.17, 15) is 14.9 Å². The second kappa shape index (κ2) is 10.9. The van der Waals surface area contributed by atoms with Gasteiger partial charge in [0.2, 0.25) is 5.88 Å². The van der Waals surface area contributed by atoms with E-state index < -0.39 is 17.9 Å². The maximum atomic E-state index is 12.8. The van der Waals surface area contributed by atoms with E-state index in [0.717, 1.165) is 0 Å². The number of rotatable bonds is 10. The standard InChI is InChI=1S/C22H26N2O8/c1-5-30-22(27)18-12(2)32-21(24)14(11-23)19(18)20-15(28-3)9-13(10-16(20)29-4)31-8-6-7-17(25)26/h9-10,19H,5-8,24H2,1-4H3,(H,25,26). The summed E-state index contributed by atoms with van der Waals surface area (Å²) in [5.74, 6) is -1.55. The molecule has 0 fully saturated rings. The third-order valence-electron chi connectivity index (χ3n) is 4.71. The van der Waals surface area contributed by atoms with Crippen LogP contribution in [0.3, 0.4) is 0 Å². The summed E-state index contributed by atoms with van der Waals surface area (Å²) in [5, 5.41) is 18.5. The van der Waals surface area contributed by atoms with Crippen LogP contribution in [0.25, 0.3) is 0 Å². The van der Waals surface area contributed by atoms with E-state index in [1.807, 2.05) is 6.07 Å². The second-order valence-corrected chi connectivity index (χ2v) is 6.70. The van der Waals surface area contributed by atoms with Gasteiger partial charge in [0.15, 0.2) is 0 Å². The fraction of sp³-hybridized carbons (Fsp3) is 0.409. The largest absolute Gasteiger partial charge is 0.496 e. The van der Waals surface area contributed by atoms with Crippen LogP contribution in [0.5, 0.6) is 17.2 Å². The van der Waals surface area contributed by atoms with Gasteiger partial charge in [0.1, 0.15) is 34.7 Å². The lowest BCUT2D eigenvalue weighted by Crippen LogP contribution is -2.26. The Hall–Kier alpha value is -3.87. The lowest BCUT2D eigenvalue weighted by molar-refractivity contribution is -0.139. The molecule has 0 bridgehead atoms. The number of nitrogens with two attached hydrogens (primary N) is 1. The van der Waals surface area contributed by atoms with Crippen molar-refractivity contribution in [1.82, 2.24) is 0 Å². The molecule has 2 rings (SSSR count). The quantitative estimate of drug-likeness (QED) is 0.405. The number of esters is 1. The van der Waals surface area contributed by atoms with Gasteiger partial charge in [-0.15, -0.1) is 0 Å². The van der Waals surface area contributed by atoms with Gasteiger partial charge in [-0.25, -0.2) is 4.79 Å². The summed E-state index contributed by atoms with van der Waals surface area (Å²) in [6, 6.07) is 5.14. The van der Waals surface area contributed by atoms with E-state index in [4.69, 9.17) is 34.5 Å². The molecule has 1 aliphatic heterocycles. The number of benzene rings is 1. The molecule has 0 aliphatic carbocycles. The molecule has 172 valence electrons. The van der Waals surface area contributed by atoms with Crippen molar-refractivity contribution in [2.75, 3.05) is 27.4 Å². The minimum Gasteiger partial charge on any atom is -0.496 e. The highest BCUT2D eigenvalue weighted by Gasteiger charge is 2.40. The van der Waals surface area contributed by atoms with E-state index in [0.29, 0.717) is 17.7 Å². The minimum absolute atomic E-state index is 0.00498. The number of carboxylic acid groups (broad SMARTS) is 1. The van der Waals surface area contributed by atoms with Crippen LogP contribution in [0.1, 0.15) is 38.2 Å². The molecule has 0 saturated carbocycles. The van der Waals surface area contributed by atoms with Crippen LogP contribution in [-0.2, 0) is 19.1 Å². The number of carbonyl (C=O) groups excluding carboxylic acids is 1. The summed E-state index contributed by atoms with van der Waals surface area (Å²) >= 11 is 0. The SMILES string of the molecule is CCOC(=O)C1=C(C)OC(N)=C(C#N)C1c1c(OC)cc(OCCCC(=O)O)cc1OC. The lowest BCUT2D eigenvalue weighted by atomic mass is 9.82. The predicted octanol–water partition coefficient (Wildman–Crippen LogP) is 2.59. The molecule has 1 aromatic rings. The molecule has 3 N–H and O–H groups in total. The Kier molecular flexibility index (Phi) is 8.35. The molecular weight excluding hydrogens is 420 g/mol. The highest BCUT2D eigenvalue weighted by Crippen LogP contribution is 2.48. The first-order chi connectivity index (χ1) is 15.3. The number of ether oxygens (including phenoxy) is 5. The van der Waals surface area contributed by atoms with E-state index >= 15 is 0 Å². The first-order valence-electron chi connectivity index (χ1n) is 9.84. The summed E-state index contributed by atoms with van der Waals surface area (Å²) in [5.41, 5.74) is 6.44. The maximum absolute atomic E-state index is 12.8. The number of hydrogen-bond donors (Lipinski definition) is 2. The zero-order chi connectivity index (χ0) is 23.8. The first kappa shape index (κ1) is 24.4. The summed E-state index contributed by atoms with van der Waals surface area (Å²) in [4.78, 5) is 23.5. The summed E-state index contributed by atoms with van der Waals surface area (Å²) in [6.07, 6.45) is 0.283. The van der Waals surface area contributed by atoms with Crippen LogP contribution in [-0.4, -0.2) is 44.5 Å². The molecule has 10 heteroatoms. The Morgan fingerprint density at radius 2 is 1.88 bits per heavy atom. The van der Waals surface area contributed by atoms with Gasteiger partial charge < -0.3 is 34.5 Å². The lowest BCUT2D eigenvalue weighted by Gasteiger charge is -2.29. The van der Waals surface area contributed by atoms with Crippen LogP contribution in [0.15, 0.2) is 34.9 Å². The number of carbonyl (C=O) groups is 2. The van der Waals surface area contributed by atoms with Crippen molar-refractivity contribution in [2.24, 2.45) is 5.73 Å². The Bertz CT molecular complexity index is 965. The Labute approximate surface area is 185 Å². The Balaban J connectivity index is 2.60. The van der Waals surface area contributed by atoms with Crippen molar-refractivity contribution < 1.29 is 38.4 Å². The molecule has 0 saturated heterocycles. The minimum atomic E-state index is -0.959. The molecule has 0 aromatic heterocycles. The van der Waals surface area contributed by atoms with Crippen molar-refractivity contribution in [3.05, 3.63) is 40.5 Å². The van der Waals surface area contributed by atoms with Crippen molar-refractivity contribution in [2.45, 2.75) is 32.6 Å². The second-order valence-electron chi connectivity index (χ2n) is 6.70. The molecule has 1 atom stereocenters. The molecule has 0 spiro atoms. The number of aliphatic carboxylic acids is 1. The monoisotopic (exact) mass is 446 g/mol. The van der Waals surface area contributed by atoms with Crippen molar-refractivity contribution in [1.29, 1.82) is 5.26 Å². The van der Waals surface area contributed by atoms with Gasteiger partial charge in [0, 0.05) is 24.1 Å².